The van der Waals surface area contributed by atoms with Crippen molar-refractivity contribution in [3.63, 3.8) is 0 Å². The molecule has 1 unspecified atom stereocenters. The molecule has 12 heavy (non-hydrogen) atoms. The number of rotatable bonds is 0. The summed E-state index contributed by atoms with van der Waals surface area (Å²) < 4.78 is 0. The van der Waals surface area contributed by atoms with Crippen LogP contribution >= 0.6 is 0 Å². The van der Waals surface area contributed by atoms with Gasteiger partial charge in [0.2, 0.25) is 0 Å². The summed E-state index contributed by atoms with van der Waals surface area (Å²) in [5, 5.41) is 10.1. The molecule has 2 aliphatic rings. The van der Waals surface area contributed by atoms with Crippen LogP contribution in [0.5, 0.6) is 0 Å². The quantitative estimate of drug-likeness (QED) is 0.533. The van der Waals surface area contributed by atoms with Crippen LogP contribution in [0.2, 0.25) is 0 Å². The topological polar surface area (TPSA) is 40.3 Å². The standard InChI is InChI=1S/C8H12N4/c1-6-4-9-5-7-8(6,2)10-11-12(7)3/h4-5,7H,1-3H3/t7?,8-/m0/s1. The molecule has 0 radical (unpaired) electrons. The molecular weight excluding hydrogens is 152 g/mol. The van der Waals surface area contributed by atoms with Crippen molar-refractivity contribution in [3.05, 3.63) is 11.8 Å². The molecule has 0 saturated heterocycles. The van der Waals surface area contributed by atoms with Gasteiger partial charge < -0.3 is 0 Å². The maximum absolute atomic E-state index is 4.24. The Morgan fingerprint density at radius 3 is 3.00 bits per heavy atom. The van der Waals surface area contributed by atoms with E-state index >= 15 is 0 Å². The van der Waals surface area contributed by atoms with E-state index in [2.05, 4.69) is 22.3 Å². The molecular formula is C8H12N4. The van der Waals surface area contributed by atoms with Crippen molar-refractivity contribution in [2.45, 2.75) is 25.4 Å². The number of fused-ring (bicyclic) bond motifs is 1. The first kappa shape index (κ1) is 7.46. The zero-order valence-corrected chi connectivity index (χ0v) is 7.52. The fourth-order valence-corrected chi connectivity index (χ4v) is 1.56. The first-order chi connectivity index (χ1) is 5.64. The van der Waals surface area contributed by atoms with Crippen LogP contribution in [0.25, 0.3) is 0 Å². The van der Waals surface area contributed by atoms with Gasteiger partial charge in [-0.15, -0.1) is 0 Å². The van der Waals surface area contributed by atoms with Crippen molar-refractivity contribution in [1.82, 2.24) is 5.01 Å². The fraction of sp³-hybridized carbons (Fsp3) is 0.625. The first-order valence-electron chi connectivity index (χ1n) is 4.01. The molecule has 0 amide bonds. The van der Waals surface area contributed by atoms with E-state index < -0.39 is 0 Å². The Labute approximate surface area is 71.7 Å². The highest BCUT2D eigenvalue weighted by molar-refractivity contribution is 5.71. The van der Waals surface area contributed by atoms with E-state index in [1.165, 1.54) is 5.57 Å². The third-order valence-corrected chi connectivity index (χ3v) is 2.67. The van der Waals surface area contributed by atoms with Crippen molar-refractivity contribution in [1.29, 1.82) is 0 Å². The van der Waals surface area contributed by atoms with Crippen LogP contribution < -0.4 is 0 Å². The minimum Gasteiger partial charge on any atom is -0.271 e. The van der Waals surface area contributed by atoms with Crippen molar-refractivity contribution in [2.24, 2.45) is 15.3 Å². The molecule has 0 saturated carbocycles. The molecule has 2 aliphatic heterocycles. The summed E-state index contributed by atoms with van der Waals surface area (Å²) in [5.41, 5.74) is 0.986. The molecule has 0 aromatic carbocycles. The van der Waals surface area contributed by atoms with E-state index in [1.54, 1.807) is 0 Å². The highest BCUT2D eigenvalue weighted by Gasteiger charge is 2.43. The summed E-state index contributed by atoms with van der Waals surface area (Å²) in [5.74, 6) is 0. The Kier molecular flexibility index (Phi) is 1.34. The molecule has 0 bridgehead atoms. The van der Waals surface area contributed by atoms with Crippen LogP contribution in [-0.2, 0) is 0 Å². The van der Waals surface area contributed by atoms with Crippen LogP contribution in [0.4, 0.5) is 0 Å². The minimum absolute atomic E-state index is 0.184. The van der Waals surface area contributed by atoms with Gasteiger partial charge in [0.25, 0.3) is 0 Å². The van der Waals surface area contributed by atoms with Crippen molar-refractivity contribution < 1.29 is 0 Å². The molecule has 4 nitrogen and oxygen atoms in total. The molecule has 2 atom stereocenters. The molecule has 2 rings (SSSR count). The molecule has 64 valence electrons. The second kappa shape index (κ2) is 2.15. The average molecular weight is 164 g/mol. The van der Waals surface area contributed by atoms with Crippen molar-refractivity contribution in [2.75, 3.05) is 7.05 Å². The normalized spacial score (nSPS) is 38.4. The lowest BCUT2D eigenvalue weighted by Gasteiger charge is -2.30. The van der Waals surface area contributed by atoms with E-state index in [4.69, 9.17) is 0 Å². The summed E-state index contributed by atoms with van der Waals surface area (Å²) in [6.07, 6.45) is 3.75. The van der Waals surface area contributed by atoms with E-state index in [1.807, 2.05) is 31.4 Å². The Balaban J connectivity index is 2.44. The Morgan fingerprint density at radius 2 is 2.33 bits per heavy atom. The van der Waals surface area contributed by atoms with Crippen LogP contribution in [0.15, 0.2) is 27.1 Å². The monoisotopic (exact) mass is 164 g/mol. The Morgan fingerprint density at radius 1 is 1.58 bits per heavy atom. The average Bonchev–Trinajstić information content (AvgIpc) is 2.33. The zero-order valence-electron chi connectivity index (χ0n) is 7.52. The number of hydrogen-bond donors (Lipinski definition) is 0. The van der Waals surface area contributed by atoms with E-state index in [-0.39, 0.29) is 11.6 Å². The van der Waals surface area contributed by atoms with Gasteiger partial charge >= 0.3 is 0 Å². The van der Waals surface area contributed by atoms with Gasteiger partial charge in [-0.25, -0.2) is 0 Å². The zero-order chi connectivity index (χ0) is 8.77. The number of aliphatic imine (C=N–C) groups is 1. The van der Waals surface area contributed by atoms with Crippen molar-refractivity contribution in [3.8, 4) is 0 Å². The summed E-state index contributed by atoms with van der Waals surface area (Å²) in [6, 6.07) is 0.197. The highest BCUT2D eigenvalue weighted by Crippen LogP contribution is 2.34. The van der Waals surface area contributed by atoms with Gasteiger partial charge in [0.15, 0.2) is 0 Å². The van der Waals surface area contributed by atoms with Gasteiger partial charge in [-0.3, -0.25) is 10.0 Å². The Bertz CT molecular complexity index is 291. The van der Waals surface area contributed by atoms with Crippen molar-refractivity contribution >= 4 is 6.21 Å². The second-order valence-corrected chi connectivity index (χ2v) is 3.47. The largest absolute Gasteiger partial charge is 0.271 e. The first-order valence-corrected chi connectivity index (χ1v) is 4.01. The van der Waals surface area contributed by atoms with E-state index in [0.717, 1.165) is 0 Å². The van der Waals surface area contributed by atoms with Gasteiger partial charge in [-0.2, -0.15) is 5.11 Å². The smallest absolute Gasteiger partial charge is 0.130 e. The van der Waals surface area contributed by atoms with E-state index in [9.17, 15) is 0 Å². The summed E-state index contributed by atoms with van der Waals surface area (Å²) in [6.45, 7) is 4.13. The predicted octanol–water partition coefficient (Wildman–Crippen LogP) is 1.41. The predicted molar refractivity (Wildman–Crippen MR) is 47.1 cm³/mol. The van der Waals surface area contributed by atoms with Gasteiger partial charge in [-0.1, -0.05) is 5.22 Å². The Hall–Kier alpha value is -1.19. The lowest BCUT2D eigenvalue weighted by Crippen LogP contribution is -2.44. The maximum Gasteiger partial charge on any atom is 0.130 e. The van der Waals surface area contributed by atoms with Crippen LogP contribution in [-0.4, -0.2) is 29.9 Å². The van der Waals surface area contributed by atoms with Crippen LogP contribution in [0, 0.1) is 0 Å². The highest BCUT2D eigenvalue weighted by atomic mass is 15.6. The third-order valence-electron chi connectivity index (χ3n) is 2.67. The molecule has 0 aromatic heterocycles. The molecule has 0 aromatic rings. The molecule has 0 N–H and O–H groups in total. The summed E-state index contributed by atoms with van der Waals surface area (Å²) in [4.78, 5) is 4.15. The minimum atomic E-state index is -0.184. The number of nitrogens with zero attached hydrogens (tertiary/aromatic N) is 4. The second-order valence-electron chi connectivity index (χ2n) is 3.47. The molecule has 0 aliphatic carbocycles. The van der Waals surface area contributed by atoms with Gasteiger partial charge in [0.05, 0.1) is 0 Å². The van der Waals surface area contributed by atoms with E-state index in [0.29, 0.717) is 0 Å². The maximum atomic E-state index is 4.24. The SMILES string of the molecule is CC1=CN=CC2N(C)N=N[C@@]12C. The van der Waals surface area contributed by atoms with Gasteiger partial charge in [0.1, 0.15) is 11.6 Å². The van der Waals surface area contributed by atoms with Gasteiger partial charge in [-0.05, 0) is 19.4 Å². The lowest BCUT2D eigenvalue weighted by molar-refractivity contribution is 0.309. The summed E-state index contributed by atoms with van der Waals surface area (Å²) >= 11 is 0. The van der Waals surface area contributed by atoms with Gasteiger partial charge in [0, 0.05) is 19.5 Å². The van der Waals surface area contributed by atoms with Crippen LogP contribution in [0.3, 0.4) is 0 Å². The van der Waals surface area contributed by atoms with Crippen LogP contribution in [0.1, 0.15) is 13.8 Å². The molecule has 0 spiro atoms. The molecule has 2 heterocycles. The molecule has 4 heteroatoms. The summed E-state index contributed by atoms with van der Waals surface area (Å²) in [7, 11) is 1.92. The lowest BCUT2D eigenvalue weighted by atomic mass is 9.86. The number of likely N-dealkylation sites (N-methyl/N-ethyl adjacent to an activating group) is 1. The fourth-order valence-electron chi connectivity index (χ4n) is 1.56. The molecule has 0 fully saturated rings. The third kappa shape index (κ3) is 0.748. The number of hydrogen-bond acceptors (Lipinski definition) is 4.